The van der Waals surface area contributed by atoms with Crippen LogP contribution in [-0.4, -0.2) is 49.5 Å². The van der Waals surface area contributed by atoms with Gasteiger partial charge >= 0.3 is 6.03 Å². The van der Waals surface area contributed by atoms with Crippen molar-refractivity contribution < 1.29 is 19.1 Å². The highest BCUT2D eigenvalue weighted by molar-refractivity contribution is 5.97. The number of urea groups is 1. The molecule has 2 rings (SSSR count). The van der Waals surface area contributed by atoms with E-state index < -0.39 is 6.03 Å². The van der Waals surface area contributed by atoms with E-state index in [2.05, 4.69) is 10.6 Å². The van der Waals surface area contributed by atoms with Crippen molar-refractivity contribution in [1.29, 1.82) is 0 Å². The number of nitrogens with one attached hydrogen (secondary N) is 2. The lowest BCUT2D eigenvalue weighted by Gasteiger charge is -2.26. The van der Waals surface area contributed by atoms with Crippen molar-refractivity contribution in [3.8, 4) is 5.75 Å². The second-order valence-electron chi connectivity index (χ2n) is 4.58. The summed E-state index contributed by atoms with van der Waals surface area (Å²) in [5.74, 6) is 0.107. The quantitative estimate of drug-likeness (QED) is 0.820. The van der Waals surface area contributed by atoms with Gasteiger partial charge in [-0.15, -0.1) is 0 Å². The number of benzene rings is 1. The fourth-order valence-corrected chi connectivity index (χ4v) is 1.98. The van der Waals surface area contributed by atoms with Crippen molar-refractivity contribution in [3.63, 3.8) is 0 Å². The van der Waals surface area contributed by atoms with Gasteiger partial charge in [0.05, 0.1) is 7.11 Å². The molecular formula is C14H17N3O4. The molecule has 0 spiro atoms. The van der Waals surface area contributed by atoms with Crippen LogP contribution in [-0.2, 0) is 4.79 Å². The molecule has 1 saturated heterocycles. The maximum Gasteiger partial charge on any atom is 0.324 e. The van der Waals surface area contributed by atoms with E-state index in [1.807, 2.05) is 0 Å². The third kappa shape index (κ3) is 3.95. The predicted octanol–water partition coefficient (Wildman–Crippen LogP) is 0.367. The molecule has 0 radical (unpaired) electrons. The highest BCUT2D eigenvalue weighted by Gasteiger charge is 2.22. The number of hydrogen-bond donors (Lipinski definition) is 2. The summed E-state index contributed by atoms with van der Waals surface area (Å²) in [6.07, 6.45) is 0.287. The maximum absolute atomic E-state index is 11.9. The number of carbonyl (C=O) groups is 3. The van der Waals surface area contributed by atoms with Crippen LogP contribution in [0.25, 0.3) is 0 Å². The number of amides is 4. The van der Waals surface area contributed by atoms with Gasteiger partial charge in [0.25, 0.3) is 5.91 Å². The zero-order chi connectivity index (χ0) is 15.2. The van der Waals surface area contributed by atoms with Crippen LogP contribution in [0.2, 0.25) is 0 Å². The molecule has 1 aliphatic heterocycles. The lowest BCUT2D eigenvalue weighted by molar-refractivity contribution is -0.121. The second-order valence-corrected chi connectivity index (χ2v) is 4.58. The number of ether oxygens (including phenoxy) is 1. The Kier molecular flexibility index (Phi) is 4.76. The van der Waals surface area contributed by atoms with Crippen molar-refractivity contribution in [3.05, 3.63) is 29.8 Å². The zero-order valence-corrected chi connectivity index (χ0v) is 11.7. The summed E-state index contributed by atoms with van der Waals surface area (Å²) < 4.78 is 5.06. The molecule has 7 heteroatoms. The maximum atomic E-state index is 11.9. The Balaban J connectivity index is 1.81. The van der Waals surface area contributed by atoms with Crippen LogP contribution in [0.4, 0.5) is 4.79 Å². The van der Waals surface area contributed by atoms with Gasteiger partial charge in [0, 0.05) is 31.6 Å². The fraction of sp³-hybridized carbons (Fsp3) is 0.357. The Morgan fingerprint density at radius 2 is 2.24 bits per heavy atom. The van der Waals surface area contributed by atoms with Gasteiger partial charge in [-0.2, -0.15) is 0 Å². The molecule has 0 aliphatic carbocycles. The molecule has 1 aromatic rings. The van der Waals surface area contributed by atoms with Crippen LogP contribution in [0.5, 0.6) is 5.75 Å². The van der Waals surface area contributed by atoms with E-state index >= 15 is 0 Å². The third-order valence-corrected chi connectivity index (χ3v) is 3.14. The largest absolute Gasteiger partial charge is 0.497 e. The van der Waals surface area contributed by atoms with E-state index in [9.17, 15) is 14.4 Å². The van der Waals surface area contributed by atoms with Crippen molar-refractivity contribution in [2.75, 3.05) is 26.7 Å². The van der Waals surface area contributed by atoms with Crippen molar-refractivity contribution in [2.45, 2.75) is 6.42 Å². The molecule has 2 N–H and O–H groups in total. The molecule has 112 valence electrons. The molecule has 0 saturated carbocycles. The van der Waals surface area contributed by atoms with E-state index in [1.54, 1.807) is 24.3 Å². The molecule has 7 nitrogen and oxygen atoms in total. The summed E-state index contributed by atoms with van der Waals surface area (Å²) in [6, 6.07) is 6.40. The highest BCUT2D eigenvalue weighted by atomic mass is 16.5. The smallest absolute Gasteiger partial charge is 0.324 e. The minimum absolute atomic E-state index is 0.234. The Hall–Kier alpha value is -2.57. The molecule has 0 aromatic heterocycles. The third-order valence-electron chi connectivity index (χ3n) is 3.14. The van der Waals surface area contributed by atoms with Gasteiger partial charge in [0.15, 0.2) is 0 Å². The Morgan fingerprint density at radius 1 is 1.43 bits per heavy atom. The molecule has 1 heterocycles. The molecule has 0 bridgehead atoms. The Morgan fingerprint density at radius 3 is 2.95 bits per heavy atom. The normalized spacial score (nSPS) is 14.6. The minimum Gasteiger partial charge on any atom is -0.497 e. The molecule has 1 fully saturated rings. The van der Waals surface area contributed by atoms with Crippen LogP contribution >= 0.6 is 0 Å². The monoisotopic (exact) mass is 291 g/mol. The van der Waals surface area contributed by atoms with Crippen molar-refractivity contribution in [2.24, 2.45) is 0 Å². The first-order valence-electron chi connectivity index (χ1n) is 6.61. The summed E-state index contributed by atoms with van der Waals surface area (Å²) in [6.45, 7) is 1.05. The molecular weight excluding hydrogens is 274 g/mol. The number of carbonyl (C=O) groups excluding carboxylic acids is 3. The summed E-state index contributed by atoms with van der Waals surface area (Å²) in [5, 5.41) is 4.96. The van der Waals surface area contributed by atoms with Crippen LogP contribution in [0.1, 0.15) is 16.8 Å². The van der Waals surface area contributed by atoms with Gasteiger partial charge in [-0.3, -0.25) is 14.9 Å². The molecule has 0 unspecified atom stereocenters. The minimum atomic E-state index is -0.415. The summed E-state index contributed by atoms with van der Waals surface area (Å²) in [5.41, 5.74) is 0.493. The van der Waals surface area contributed by atoms with E-state index in [0.717, 1.165) is 0 Å². The number of rotatable bonds is 5. The topological polar surface area (TPSA) is 87.7 Å². The van der Waals surface area contributed by atoms with Crippen LogP contribution in [0.3, 0.4) is 0 Å². The Bertz CT molecular complexity index is 559. The fourth-order valence-electron chi connectivity index (χ4n) is 1.98. The molecule has 1 aliphatic rings. The van der Waals surface area contributed by atoms with E-state index in [0.29, 0.717) is 30.9 Å². The molecule has 4 amide bonds. The number of hydrogen-bond acceptors (Lipinski definition) is 4. The highest BCUT2D eigenvalue weighted by Crippen LogP contribution is 2.12. The van der Waals surface area contributed by atoms with Gasteiger partial charge in [-0.05, 0) is 18.2 Å². The summed E-state index contributed by atoms with van der Waals surface area (Å²) in [7, 11) is 1.53. The van der Waals surface area contributed by atoms with E-state index in [4.69, 9.17) is 4.74 Å². The van der Waals surface area contributed by atoms with Crippen molar-refractivity contribution >= 4 is 17.8 Å². The standard InChI is InChI=1S/C14H17N3O4/c1-21-11-4-2-3-10(9-11)13(19)15-6-8-17-7-5-12(18)16-14(17)20/h2-4,9H,5-8H2,1H3,(H,15,19)(H,16,18,20). The average molecular weight is 291 g/mol. The van der Waals surface area contributed by atoms with Crippen LogP contribution < -0.4 is 15.4 Å². The van der Waals surface area contributed by atoms with Crippen LogP contribution in [0.15, 0.2) is 24.3 Å². The van der Waals surface area contributed by atoms with E-state index in [-0.39, 0.29) is 18.2 Å². The number of nitrogens with zero attached hydrogens (tertiary/aromatic N) is 1. The summed E-state index contributed by atoms with van der Waals surface area (Å²) >= 11 is 0. The first-order chi connectivity index (χ1) is 10.1. The first-order valence-corrected chi connectivity index (χ1v) is 6.61. The van der Waals surface area contributed by atoms with Gasteiger partial charge in [0.2, 0.25) is 5.91 Å². The van der Waals surface area contributed by atoms with Crippen LogP contribution in [0, 0.1) is 0 Å². The molecule has 0 atom stereocenters. The van der Waals surface area contributed by atoms with Gasteiger partial charge < -0.3 is 15.0 Å². The zero-order valence-electron chi connectivity index (χ0n) is 11.7. The average Bonchev–Trinajstić information content (AvgIpc) is 2.49. The van der Waals surface area contributed by atoms with Gasteiger partial charge in [-0.1, -0.05) is 6.07 Å². The predicted molar refractivity (Wildman–Crippen MR) is 75.1 cm³/mol. The molecule has 21 heavy (non-hydrogen) atoms. The Labute approximate surface area is 122 Å². The number of imide groups is 1. The SMILES string of the molecule is COc1cccc(C(=O)NCCN2CCC(=O)NC2=O)c1. The number of methoxy groups -OCH3 is 1. The van der Waals surface area contributed by atoms with Crippen molar-refractivity contribution in [1.82, 2.24) is 15.5 Å². The van der Waals surface area contributed by atoms with Gasteiger partial charge in [-0.25, -0.2) is 4.79 Å². The molecule has 1 aromatic carbocycles. The second kappa shape index (κ2) is 6.74. The van der Waals surface area contributed by atoms with E-state index in [1.165, 1.54) is 12.0 Å². The first kappa shape index (κ1) is 14.8. The van der Waals surface area contributed by atoms with Gasteiger partial charge in [0.1, 0.15) is 5.75 Å². The lowest BCUT2D eigenvalue weighted by Crippen LogP contribution is -2.51. The lowest BCUT2D eigenvalue weighted by atomic mass is 10.2. The summed E-state index contributed by atoms with van der Waals surface area (Å²) in [4.78, 5) is 35.9.